The Morgan fingerprint density at radius 1 is 1.16 bits per heavy atom. The molecule has 2 aliphatic heterocycles. The van der Waals surface area contributed by atoms with E-state index in [1.165, 1.54) is 12.8 Å². The van der Waals surface area contributed by atoms with Crippen molar-refractivity contribution in [3.63, 3.8) is 0 Å². The lowest BCUT2D eigenvalue weighted by molar-refractivity contribution is -0.116. The number of nitrogens with zero attached hydrogens (tertiary/aromatic N) is 3. The molecule has 3 aliphatic rings. The first-order chi connectivity index (χ1) is 15.0. The average Bonchev–Trinajstić information content (AvgIpc) is 3.59. The zero-order chi connectivity index (χ0) is 22.0. The summed E-state index contributed by atoms with van der Waals surface area (Å²) in [5.41, 5.74) is 1.66. The van der Waals surface area contributed by atoms with Gasteiger partial charge in [0.05, 0.1) is 11.4 Å². The van der Waals surface area contributed by atoms with E-state index in [9.17, 15) is 14.4 Å². The number of hydrogen-bond acceptors (Lipinski definition) is 4. The molecule has 1 saturated carbocycles. The summed E-state index contributed by atoms with van der Waals surface area (Å²) in [7, 11) is 0. The lowest BCUT2D eigenvalue weighted by Crippen LogP contribution is -2.54. The van der Waals surface area contributed by atoms with Crippen LogP contribution in [0.3, 0.4) is 0 Å². The van der Waals surface area contributed by atoms with Crippen LogP contribution in [-0.2, 0) is 4.79 Å². The summed E-state index contributed by atoms with van der Waals surface area (Å²) in [6, 6.07) is 4.87. The highest BCUT2D eigenvalue weighted by Crippen LogP contribution is 2.34. The maximum absolute atomic E-state index is 13.4. The molecule has 1 atom stereocenters. The molecule has 0 aromatic heterocycles. The summed E-state index contributed by atoms with van der Waals surface area (Å²) < 4.78 is 0. The van der Waals surface area contributed by atoms with Crippen molar-refractivity contribution in [3.05, 3.63) is 23.8 Å². The second-order valence-electron chi connectivity index (χ2n) is 8.90. The highest BCUT2D eigenvalue weighted by atomic mass is 16.2. The van der Waals surface area contributed by atoms with Crippen molar-refractivity contribution in [1.29, 1.82) is 0 Å². The number of likely N-dealkylation sites (N-methyl/N-ethyl adjacent to an activating group) is 1. The van der Waals surface area contributed by atoms with Crippen molar-refractivity contribution >= 4 is 29.2 Å². The van der Waals surface area contributed by atoms with Gasteiger partial charge in [0.15, 0.2) is 0 Å². The van der Waals surface area contributed by atoms with Gasteiger partial charge in [0.25, 0.3) is 5.91 Å². The summed E-state index contributed by atoms with van der Waals surface area (Å²) in [5, 5.41) is 5.86. The third kappa shape index (κ3) is 5.01. The largest absolute Gasteiger partial charge is 0.352 e. The second-order valence-corrected chi connectivity index (χ2v) is 8.90. The maximum Gasteiger partial charge on any atom is 0.324 e. The molecule has 1 saturated heterocycles. The average molecular weight is 428 g/mol. The minimum absolute atomic E-state index is 0.0809. The zero-order valence-electron chi connectivity index (χ0n) is 18.5. The van der Waals surface area contributed by atoms with Gasteiger partial charge in [-0.1, -0.05) is 19.8 Å². The molecule has 31 heavy (non-hydrogen) atoms. The van der Waals surface area contributed by atoms with Crippen LogP contribution in [-0.4, -0.2) is 73.0 Å². The number of urea groups is 1. The SMILES string of the molecule is CCN1CCN(C(=O)N2c3ccc(C(=O)NCCC4CC4)cc3NC(=O)CC2C)CC1. The van der Waals surface area contributed by atoms with Crippen molar-refractivity contribution in [1.82, 2.24) is 15.1 Å². The molecule has 1 unspecified atom stereocenters. The third-order valence-corrected chi connectivity index (χ3v) is 6.55. The van der Waals surface area contributed by atoms with E-state index in [0.29, 0.717) is 36.6 Å². The Bertz CT molecular complexity index is 846. The molecule has 1 aromatic carbocycles. The fraction of sp³-hybridized carbons (Fsp3) is 0.609. The van der Waals surface area contributed by atoms with E-state index in [1.54, 1.807) is 23.1 Å². The highest BCUT2D eigenvalue weighted by Gasteiger charge is 2.34. The summed E-state index contributed by atoms with van der Waals surface area (Å²) >= 11 is 0. The zero-order valence-corrected chi connectivity index (χ0v) is 18.5. The third-order valence-electron chi connectivity index (χ3n) is 6.55. The molecule has 4 rings (SSSR count). The number of nitrogens with one attached hydrogen (secondary N) is 2. The number of anilines is 2. The molecule has 2 N–H and O–H groups in total. The van der Waals surface area contributed by atoms with Crippen LogP contribution in [0.1, 0.15) is 49.9 Å². The standard InChI is InChI=1S/C23H33N5O3/c1-3-26-10-12-27(13-11-26)23(31)28-16(2)14-21(29)25-19-15-18(6-7-20(19)28)22(30)24-9-8-17-4-5-17/h6-7,15-17H,3-5,8-14H2,1-2H3,(H,24,30)(H,25,29). The van der Waals surface area contributed by atoms with E-state index in [1.807, 2.05) is 11.8 Å². The molecule has 1 aliphatic carbocycles. The molecular weight excluding hydrogens is 394 g/mol. The molecule has 8 heteroatoms. The van der Waals surface area contributed by atoms with Gasteiger partial charge in [-0.25, -0.2) is 4.79 Å². The van der Waals surface area contributed by atoms with Crippen LogP contribution in [0.4, 0.5) is 16.2 Å². The second kappa shape index (κ2) is 9.26. The van der Waals surface area contributed by atoms with Gasteiger partial charge in [0, 0.05) is 50.7 Å². The summed E-state index contributed by atoms with van der Waals surface area (Å²) in [4.78, 5) is 44.3. The Balaban J connectivity index is 1.52. The normalized spacial score (nSPS) is 21.9. The van der Waals surface area contributed by atoms with Gasteiger partial charge < -0.3 is 20.4 Å². The molecule has 0 bridgehead atoms. The number of benzene rings is 1. The predicted octanol–water partition coefficient (Wildman–Crippen LogP) is 2.51. The van der Waals surface area contributed by atoms with Crippen molar-refractivity contribution < 1.29 is 14.4 Å². The van der Waals surface area contributed by atoms with Crippen LogP contribution < -0.4 is 15.5 Å². The molecule has 0 radical (unpaired) electrons. The van der Waals surface area contributed by atoms with Crippen LogP contribution in [0, 0.1) is 5.92 Å². The summed E-state index contributed by atoms with van der Waals surface area (Å²) in [5.74, 6) is 0.460. The Labute approximate surface area is 183 Å². The van der Waals surface area contributed by atoms with Gasteiger partial charge >= 0.3 is 6.03 Å². The van der Waals surface area contributed by atoms with E-state index in [2.05, 4.69) is 22.5 Å². The van der Waals surface area contributed by atoms with E-state index in [-0.39, 0.29) is 30.3 Å². The fourth-order valence-electron chi connectivity index (χ4n) is 4.38. The Morgan fingerprint density at radius 2 is 1.90 bits per heavy atom. The molecule has 2 heterocycles. The van der Waals surface area contributed by atoms with Crippen molar-refractivity contribution in [2.24, 2.45) is 5.92 Å². The Hall–Kier alpha value is -2.61. The smallest absolute Gasteiger partial charge is 0.324 e. The molecule has 168 valence electrons. The van der Waals surface area contributed by atoms with Crippen molar-refractivity contribution in [2.75, 3.05) is 49.5 Å². The monoisotopic (exact) mass is 427 g/mol. The predicted molar refractivity (Wildman–Crippen MR) is 120 cm³/mol. The Kier molecular flexibility index (Phi) is 6.46. The number of carbonyl (C=O) groups excluding carboxylic acids is 3. The maximum atomic E-state index is 13.4. The number of fused-ring (bicyclic) bond motifs is 1. The summed E-state index contributed by atoms with van der Waals surface area (Å²) in [6.45, 7) is 8.73. The molecule has 4 amide bonds. The number of amides is 4. The van der Waals surface area contributed by atoms with E-state index in [4.69, 9.17) is 0 Å². The van der Waals surface area contributed by atoms with Crippen LogP contribution in [0.2, 0.25) is 0 Å². The van der Waals surface area contributed by atoms with Gasteiger partial charge in [-0.05, 0) is 44.0 Å². The van der Waals surface area contributed by atoms with Crippen LogP contribution in [0.25, 0.3) is 0 Å². The van der Waals surface area contributed by atoms with E-state index in [0.717, 1.165) is 32.0 Å². The molecular formula is C23H33N5O3. The van der Waals surface area contributed by atoms with Gasteiger partial charge in [0.2, 0.25) is 5.91 Å². The van der Waals surface area contributed by atoms with Crippen LogP contribution in [0.5, 0.6) is 0 Å². The topological polar surface area (TPSA) is 85.0 Å². The lowest BCUT2D eigenvalue weighted by atomic mass is 10.1. The number of rotatable bonds is 5. The number of carbonyl (C=O) groups is 3. The Morgan fingerprint density at radius 3 is 2.58 bits per heavy atom. The lowest BCUT2D eigenvalue weighted by Gasteiger charge is -2.38. The number of piperazine rings is 1. The van der Waals surface area contributed by atoms with Gasteiger partial charge in [0.1, 0.15) is 0 Å². The first-order valence-corrected chi connectivity index (χ1v) is 11.5. The highest BCUT2D eigenvalue weighted by molar-refractivity contribution is 6.06. The minimum Gasteiger partial charge on any atom is -0.352 e. The summed E-state index contributed by atoms with van der Waals surface area (Å²) in [6.07, 6.45) is 3.75. The first kappa shape index (κ1) is 21.6. The quantitative estimate of drug-likeness (QED) is 0.756. The van der Waals surface area contributed by atoms with Gasteiger partial charge in [-0.15, -0.1) is 0 Å². The van der Waals surface area contributed by atoms with Gasteiger partial charge in [-0.3, -0.25) is 14.5 Å². The van der Waals surface area contributed by atoms with Crippen molar-refractivity contribution in [3.8, 4) is 0 Å². The fourth-order valence-corrected chi connectivity index (χ4v) is 4.38. The minimum atomic E-state index is -0.267. The van der Waals surface area contributed by atoms with Crippen LogP contribution >= 0.6 is 0 Å². The van der Waals surface area contributed by atoms with Gasteiger partial charge in [-0.2, -0.15) is 0 Å². The molecule has 0 spiro atoms. The molecule has 1 aromatic rings. The van der Waals surface area contributed by atoms with Crippen molar-refractivity contribution in [2.45, 2.75) is 45.6 Å². The number of hydrogen-bond donors (Lipinski definition) is 2. The van der Waals surface area contributed by atoms with E-state index < -0.39 is 0 Å². The molecule has 2 fully saturated rings. The first-order valence-electron chi connectivity index (χ1n) is 11.5. The van der Waals surface area contributed by atoms with E-state index >= 15 is 0 Å². The molecule has 8 nitrogen and oxygen atoms in total. The van der Waals surface area contributed by atoms with Crippen LogP contribution in [0.15, 0.2) is 18.2 Å².